The van der Waals surface area contributed by atoms with Crippen LogP contribution >= 0.6 is 0 Å². The zero-order valence-corrected chi connectivity index (χ0v) is 13.8. The Hall–Kier alpha value is -1.36. The number of carbonyl (C=O) groups is 1. The normalized spacial score (nSPS) is 17.6. The Labute approximate surface area is 127 Å². The first-order chi connectivity index (χ1) is 10.00. The van der Waals surface area contributed by atoms with Crippen LogP contribution < -0.4 is 5.32 Å². The van der Waals surface area contributed by atoms with E-state index in [0.717, 1.165) is 37.2 Å². The van der Waals surface area contributed by atoms with Crippen LogP contribution in [0.1, 0.15) is 43.6 Å². The molecule has 1 unspecified atom stereocenters. The number of nitrogens with one attached hydrogen (secondary N) is 1. The highest BCUT2D eigenvalue weighted by atomic mass is 16.5. The van der Waals surface area contributed by atoms with Gasteiger partial charge in [-0.05, 0) is 51.1 Å². The van der Waals surface area contributed by atoms with E-state index in [9.17, 15) is 4.79 Å². The molecule has 0 aromatic carbocycles. The third kappa shape index (κ3) is 2.84. The van der Waals surface area contributed by atoms with Crippen molar-refractivity contribution in [2.75, 3.05) is 13.7 Å². The van der Waals surface area contributed by atoms with Gasteiger partial charge in [0.05, 0.1) is 19.3 Å². The van der Waals surface area contributed by atoms with E-state index in [1.165, 1.54) is 12.7 Å². The Morgan fingerprint density at radius 2 is 2.10 bits per heavy atom. The fourth-order valence-corrected chi connectivity index (χ4v) is 3.34. The number of ether oxygens (including phenoxy) is 1. The maximum atomic E-state index is 12.5. The van der Waals surface area contributed by atoms with Crippen LogP contribution in [0, 0.1) is 19.8 Å². The average molecular weight is 293 g/mol. The lowest BCUT2D eigenvalue weighted by Gasteiger charge is -2.32. The summed E-state index contributed by atoms with van der Waals surface area (Å²) < 4.78 is 7.08. The minimum absolute atomic E-state index is 0.169. The van der Waals surface area contributed by atoms with Crippen molar-refractivity contribution in [1.29, 1.82) is 0 Å². The zero-order valence-electron chi connectivity index (χ0n) is 13.8. The number of likely N-dealkylation sites (N-methyl/N-ethyl adjacent to an activating group) is 1. The first-order valence-electron chi connectivity index (χ1n) is 7.86. The van der Waals surface area contributed by atoms with Crippen LogP contribution in [0.15, 0.2) is 0 Å². The lowest BCUT2D eigenvalue weighted by molar-refractivity contribution is -0.150. The highest BCUT2D eigenvalue weighted by Gasteiger charge is 2.52. The summed E-state index contributed by atoms with van der Waals surface area (Å²) in [6, 6.07) is 0. The number of aromatic nitrogens is 2. The number of rotatable bonds is 7. The quantitative estimate of drug-likeness (QED) is 0.781. The van der Waals surface area contributed by atoms with Crippen molar-refractivity contribution >= 4 is 5.97 Å². The van der Waals surface area contributed by atoms with Gasteiger partial charge in [-0.1, -0.05) is 13.8 Å². The molecule has 0 spiro atoms. The number of methoxy groups -OCH3 is 1. The molecular formula is C16H27N3O2. The fraction of sp³-hybridized carbons (Fsp3) is 0.750. The summed E-state index contributed by atoms with van der Waals surface area (Å²) in [5.41, 5.74) is 2.85. The maximum absolute atomic E-state index is 12.5. The van der Waals surface area contributed by atoms with Gasteiger partial charge in [-0.3, -0.25) is 4.68 Å². The first kappa shape index (κ1) is 16.0. The van der Waals surface area contributed by atoms with Gasteiger partial charge < -0.3 is 10.1 Å². The monoisotopic (exact) mass is 293 g/mol. The first-order valence-corrected chi connectivity index (χ1v) is 7.86. The summed E-state index contributed by atoms with van der Waals surface area (Å²) in [4.78, 5) is 12.5. The van der Waals surface area contributed by atoms with E-state index in [1.807, 2.05) is 18.5 Å². The SMILES string of the molecule is CCNC(Cn1nc(C)c(CC)c1C)(C(=O)OC)C1CC1. The summed E-state index contributed by atoms with van der Waals surface area (Å²) >= 11 is 0. The van der Waals surface area contributed by atoms with E-state index < -0.39 is 5.54 Å². The second-order valence-electron chi connectivity index (χ2n) is 5.93. The number of carbonyl (C=O) groups excluding carboxylic acids is 1. The summed E-state index contributed by atoms with van der Waals surface area (Å²) in [7, 11) is 1.47. The summed E-state index contributed by atoms with van der Waals surface area (Å²) in [6.07, 6.45) is 3.11. The molecule has 1 atom stereocenters. The van der Waals surface area contributed by atoms with Crippen LogP contribution in [0.25, 0.3) is 0 Å². The zero-order chi connectivity index (χ0) is 15.6. The molecule has 1 saturated carbocycles. The van der Waals surface area contributed by atoms with Gasteiger partial charge >= 0.3 is 5.97 Å². The van der Waals surface area contributed by atoms with Crippen LogP contribution in [0.3, 0.4) is 0 Å². The molecule has 118 valence electrons. The second kappa shape index (κ2) is 6.18. The molecule has 1 aliphatic rings. The minimum Gasteiger partial charge on any atom is -0.468 e. The standard InChI is InChI=1S/C16H27N3O2/c1-6-14-11(3)18-19(12(14)4)10-16(17-7-2,13-8-9-13)15(20)21-5/h13,17H,6-10H2,1-5H3. The number of hydrogen-bond donors (Lipinski definition) is 1. The Bertz CT molecular complexity index is 520. The molecule has 5 nitrogen and oxygen atoms in total. The van der Waals surface area contributed by atoms with E-state index in [2.05, 4.69) is 24.3 Å². The minimum atomic E-state index is -0.641. The fourth-order valence-electron chi connectivity index (χ4n) is 3.34. The van der Waals surface area contributed by atoms with Crippen molar-refractivity contribution in [1.82, 2.24) is 15.1 Å². The van der Waals surface area contributed by atoms with Crippen molar-refractivity contribution in [3.8, 4) is 0 Å². The number of esters is 1. The highest BCUT2D eigenvalue weighted by Crippen LogP contribution is 2.41. The highest BCUT2D eigenvalue weighted by molar-refractivity contribution is 5.81. The van der Waals surface area contributed by atoms with Crippen molar-refractivity contribution < 1.29 is 9.53 Å². The molecule has 1 aromatic heterocycles. The Balaban J connectivity index is 2.37. The van der Waals surface area contributed by atoms with E-state index >= 15 is 0 Å². The molecule has 0 amide bonds. The summed E-state index contributed by atoms with van der Waals surface area (Å²) in [5, 5.41) is 8.04. The molecule has 5 heteroatoms. The third-order valence-electron chi connectivity index (χ3n) is 4.60. The van der Waals surface area contributed by atoms with Crippen molar-refractivity contribution in [3.05, 3.63) is 17.0 Å². The van der Waals surface area contributed by atoms with Gasteiger partial charge in [-0.2, -0.15) is 5.10 Å². The lowest BCUT2D eigenvalue weighted by Crippen LogP contribution is -2.57. The Kier molecular flexibility index (Phi) is 4.71. The molecular weight excluding hydrogens is 266 g/mol. The predicted octanol–water partition coefficient (Wildman–Crippen LogP) is 1.99. The largest absolute Gasteiger partial charge is 0.468 e. The number of nitrogens with zero attached hydrogens (tertiary/aromatic N) is 2. The average Bonchev–Trinajstić information content (AvgIpc) is 3.26. The van der Waals surface area contributed by atoms with Crippen molar-refractivity contribution in [2.45, 2.75) is 59.0 Å². The Morgan fingerprint density at radius 3 is 2.52 bits per heavy atom. The number of aryl methyl sites for hydroxylation is 1. The molecule has 1 aromatic rings. The van der Waals surface area contributed by atoms with Gasteiger partial charge in [0.25, 0.3) is 0 Å². The molecule has 0 bridgehead atoms. The van der Waals surface area contributed by atoms with Gasteiger partial charge in [0, 0.05) is 5.69 Å². The number of hydrogen-bond acceptors (Lipinski definition) is 4. The van der Waals surface area contributed by atoms with E-state index in [-0.39, 0.29) is 5.97 Å². The molecule has 21 heavy (non-hydrogen) atoms. The molecule has 1 aliphatic carbocycles. The van der Waals surface area contributed by atoms with E-state index in [4.69, 9.17) is 4.74 Å². The third-order valence-corrected chi connectivity index (χ3v) is 4.60. The van der Waals surface area contributed by atoms with Gasteiger partial charge in [0.15, 0.2) is 0 Å². The molecule has 0 radical (unpaired) electrons. The molecule has 2 rings (SSSR count). The van der Waals surface area contributed by atoms with Gasteiger partial charge in [0.2, 0.25) is 0 Å². The van der Waals surface area contributed by atoms with Gasteiger partial charge in [-0.25, -0.2) is 4.79 Å². The molecule has 0 saturated heterocycles. The van der Waals surface area contributed by atoms with Crippen LogP contribution in [0.2, 0.25) is 0 Å². The van der Waals surface area contributed by atoms with Crippen molar-refractivity contribution in [3.63, 3.8) is 0 Å². The van der Waals surface area contributed by atoms with Crippen molar-refractivity contribution in [2.24, 2.45) is 5.92 Å². The van der Waals surface area contributed by atoms with Gasteiger partial charge in [0.1, 0.15) is 5.54 Å². The van der Waals surface area contributed by atoms with E-state index in [0.29, 0.717) is 12.5 Å². The topological polar surface area (TPSA) is 56.2 Å². The van der Waals surface area contributed by atoms with E-state index in [1.54, 1.807) is 0 Å². The molecule has 1 heterocycles. The molecule has 1 N–H and O–H groups in total. The molecule has 1 fully saturated rings. The Morgan fingerprint density at radius 1 is 1.43 bits per heavy atom. The maximum Gasteiger partial charge on any atom is 0.328 e. The molecule has 0 aliphatic heterocycles. The van der Waals surface area contributed by atoms with Crippen LogP contribution in [-0.2, 0) is 22.5 Å². The second-order valence-corrected chi connectivity index (χ2v) is 5.93. The summed E-state index contributed by atoms with van der Waals surface area (Å²) in [6.45, 7) is 9.57. The van der Waals surface area contributed by atoms with Gasteiger partial charge in [-0.15, -0.1) is 0 Å². The smallest absolute Gasteiger partial charge is 0.328 e. The summed E-state index contributed by atoms with van der Waals surface area (Å²) in [5.74, 6) is 0.177. The van der Waals surface area contributed by atoms with Crippen LogP contribution in [0.5, 0.6) is 0 Å². The van der Waals surface area contributed by atoms with Crippen LogP contribution in [0.4, 0.5) is 0 Å². The van der Waals surface area contributed by atoms with Crippen LogP contribution in [-0.4, -0.2) is 34.9 Å². The predicted molar refractivity (Wildman–Crippen MR) is 82.2 cm³/mol. The lowest BCUT2D eigenvalue weighted by atomic mass is 9.92.